The van der Waals surface area contributed by atoms with Crippen molar-refractivity contribution >= 4 is 10.0 Å². The summed E-state index contributed by atoms with van der Waals surface area (Å²) in [4.78, 5) is 0. The zero-order valence-electron chi connectivity index (χ0n) is 11.8. The summed E-state index contributed by atoms with van der Waals surface area (Å²) in [6.45, 7) is 2.74. The molecular weight excluding hydrogens is 294 g/mol. The molecule has 0 aliphatic carbocycles. The van der Waals surface area contributed by atoms with E-state index in [1.807, 2.05) is 0 Å². The maximum absolute atomic E-state index is 12.6. The van der Waals surface area contributed by atoms with E-state index in [4.69, 9.17) is 8.83 Å². The molecule has 8 heteroatoms. The zero-order chi connectivity index (χ0) is 14.9. The van der Waals surface area contributed by atoms with Crippen molar-refractivity contribution in [2.45, 2.75) is 37.7 Å². The van der Waals surface area contributed by atoms with Gasteiger partial charge in [-0.3, -0.25) is 0 Å². The molecular formula is C13H17N3O4S. The van der Waals surface area contributed by atoms with Gasteiger partial charge in [0, 0.05) is 20.0 Å². The number of aromatic nitrogens is 2. The van der Waals surface area contributed by atoms with Gasteiger partial charge < -0.3 is 8.83 Å². The quantitative estimate of drug-likeness (QED) is 0.863. The molecule has 2 aromatic heterocycles. The van der Waals surface area contributed by atoms with Gasteiger partial charge in [0.2, 0.25) is 11.0 Å². The third kappa shape index (κ3) is 2.86. The molecule has 3 heterocycles. The highest BCUT2D eigenvalue weighted by molar-refractivity contribution is 7.89. The molecule has 0 N–H and O–H groups in total. The molecule has 0 spiro atoms. The fourth-order valence-corrected chi connectivity index (χ4v) is 3.81. The van der Waals surface area contributed by atoms with Crippen molar-refractivity contribution in [1.29, 1.82) is 0 Å². The predicted molar refractivity (Wildman–Crippen MR) is 74.0 cm³/mol. The second kappa shape index (κ2) is 5.61. The van der Waals surface area contributed by atoms with E-state index in [9.17, 15) is 8.42 Å². The van der Waals surface area contributed by atoms with Gasteiger partial charge in [0.05, 0.1) is 0 Å². The smallest absolute Gasteiger partial charge is 0.283 e. The highest BCUT2D eigenvalue weighted by Gasteiger charge is 2.29. The van der Waals surface area contributed by atoms with Crippen LogP contribution in [0, 0.1) is 6.92 Å². The second-order valence-corrected chi connectivity index (χ2v) is 6.93. The van der Waals surface area contributed by atoms with Crippen LogP contribution in [0.5, 0.6) is 0 Å². The van der Waals surface area contributed by atoms with Gasteiger partial charge in [0.1, 0.15) is 0 Å². The van der Waals surface area contributed by atoms with Crippen LogP contribution in [0.3, 0.4) is 0 Å². The molecule has 1 saturated heterocycles. The lowest BCUT2D eigenvalue weighted by atomic mass is 10.2. The van der Waals surface area contributed by atoms with Gasteiger partial charge >= 0.3 is 0 Å². The fraction of sp³-hybridized carbons (Fsp3) is 0.538. The van der Waals surface area contributed by atoms with Crippen LogP contribution in [0.15, 0.2) is 26.1 Å². The lowest BCUT2D eigenvalue weighted by molar-refractivity contribution is 0.385. The number of sulfonamides is 1. The minimum Gasteiger partial charge on any atom is -0.438 e. The summed E-state index contributed by atoms with van der Waals surface area (Å²) in [6.07, 6.45) is 3.90. The summed E-state index contributed by atoms with van der Waals surface area (Å²) >= 11 is 0. The van der Waals surface area contributed by atoms with E-state index < -0.39 is 10.0 Å². The van der Waals surface area contributed by atoms with E-state index >= 15 is 0 Å². The van der Waals surface area contributed by atoms with E-state index in [0.717, 1.165) is 25.7 Å². The molecule has 0 aromatic carbocycles. The van der Waals surface area contributed by atoms with Gasteiger partial charge in [-0.05, 0) is 25.0 Å². The van der Waals surface area contributed by atoms with Gasteiger partial charge in [0.15, 0.2) is 5.76 Å². The van der Waals surface area contributed by atoms with Crippen LogP contribution in [0.25, 0.3) is 11.7 Å². The van der Waals surface area contributed by atoms with E-state index in [1.54, 1.807) is 6.92 Å². The Morgan fingerprint density at radius 1 is 1.05 bits per heavy atom. The number of furan rings is 1. The Morgan fingerprint density at radius 2 is 1.76 bits per heavy atom. The van der Waals surface area contributed by atoms with Crippen molar-refractivity contribution in [2.24, 2.45) is 0 Å². The minimum atomic E-state index is -3.59. The number of aryl methyl sites for hydroxylation is 1. The largest absolute Gasteiger partial charge is 0.438 e. The number of rotatable bonds is 3. The van der Waals surface area contributed by atoms with Crippen LogP contribution in [0.1, 0.15) is 31.6 Å². The molecule has 3 rings (SSSR count). The van der Waals surface area contributed by atoms with Crippen molar-refractivity contribution in [1.82, 2.24) is 14.5 Å². The lowest BCUT2D eigenvalue weighted by Crippen LogP contribution is -2.31. The molecule has 1 aliphatic rings. The summed E-state index contributed by atoms with van der Waals surface area (Å²) in [6, 6.07) is 2.98. The lowest BCUT2D eigenvalue weighted by Gasteiger charge is -2.17. The molecule has 0 amide bonds. The molecule has 7 nitrogen and oxygen atoms in total. The Balaban J connectivity index is 1.87. The highest BCUT2D eigenvalue weighted by atomic mass is 32.2. The Bertz CT molecular complexity index is 711. The van der Waals surface area contributed by atoms with Crippen molar-refractivity contribution < 1.29 is 17.3 Å². The molecule has 0 bridgehead atoms. The number of hydrogen-bond donors (Lipinski definition) is 0. The van der Waals surface area contributed by atoms with Crippen molar-refractivity contribution in [3.05, 3.63) is 18.0 Å². The first kappa shape index (κ1) is 14.3. The van der Waals surface area contributed by atoms with Crippen LogP contribution in [0.2, 0.25) is 0 Å². The molecule has 2 aromatic rings. The maximum Gasteiger partial charge on any atom is 0.283 e. The number of nitrogens with zero attached hydrogens (tertiary/aromatic N) is 3. The first-order chi connectivity index (χ1) is 10.1. The first-order valence-electron chi connectivity index (χ1n) is 6.98. The van der Waals surface area contributed by atoms with Crippen LogP contribution < -0.4 is 0 Å². The summed E-state index contributed by atoms with van der Waals surface area (Å²) in [5.74, 6) is 0.854. The molecule has 114 valence electrons. The Hall–Kier alpha value is -1.67. The minimum absolute atomic E-state index is 0.0738. The van der Waals surface area contributed by atoms with E-state index in [2.05, 4.69) is 10.2 Å². The molecule has 0 atom stereocenters. The summed E-state index contributed by atoms with van der Waals surface area (Å²) in [5.41, 5.74) is 0. The Kier molecular flexibility index (Phi) is 3.81. The van der Waals surface area contributed by atoms with Gasteiger partial charge in [-0.2, -0.15) is 4.31 Å². The standard InChI is InChI=1S/C13H17N3O4S/c1-10-14-15-13(19-10)11-6-7-12(20-11)21(17,18)16-8-4-2-3-5-9-16/h6-7H,2-5,8-9H2,1H3. The maximum atomic E-state index is 12.6. The first-order valence-corrected chi connectivity index (χ1v) is 8.42. The molecule has 0 radical (unpaired) electrons. The van der Waals surface area contributed by atoms with Crippen molar-refractivity contribution in [3.8, 4) is 11.7 Å². The van der Waals surface area contributed by atoms with E-state index in [0.29, 0.717) is 19.0 Å². The predicted octanol–water partition coefficient (Wildman–Crippen LogP) is 2.20. The topological polar surface area (TPSA) is 89.4 Å². The van der Waals surface area contributed by atoms with Crippen molar-refractivity contribution in [2.75, 3.05) is 13.1 Å². The molecule has 1 fully saturated rings. The van der Waals surface area contributed by atoms with Gasteiger partial charge in [-0.1, -0.05) is 12.8 Å². The summed E-state index contributed by atoms with van der Waals surface area (Å²) < 4.78 is 37.3. The molecule has 1 aliphatic heterocycles. The van der Waals surface area contributed by atoms with Crippen LogP contribution in [0.4, 0.5) is 0 Å². The highest BCUT2D eigenvalue weighted by Crippen LogP contribution is 2.26. The van der Waals surface area contributed by atoms with Gasteiger partial charge in [-0.15, -0.1) is 10.2 Å². The monoisotopic (exact) mass is 311 g/mol. The van der Waals surface area contributed by atoms with E-state index in [-0.39, 0.29) is 16.7 Å². The van der Waals surface area contributed by atoms with Crippen molar-refractivity contribution in [3.63, 3.8) is 0 Å². The number of hydrogen-bond acceptors (Lipinski definition) is 6. The van der Waals surface area contributed by atoms with E-state index in [1.165, 1.54) is 16.4 Å². The molecule has 0 unspecified atom stereocenters. The fourth-order valence-electron chi connectivity index (χ4n) is 2.38. The molecule has 0 saturated carbocycles. The van der Waals surface area contributed by atoms with Crippen LogP contribution in [-0.4, -0.2) is 36.0 Å². The SMILES string of the molecule is Cc1nnc(-c2ccc(S(=O)(=O)N3CCCCCC3)o2)o1. The normalized spacial score (nSPS) is 17.8. The third-order valence-electron chi connectivity index (χ3n) is 3.48. The molecule has 21 heavy (non-hydrogen) atoms. The second-order valence-electron chi connectivity index (χ2n) is 5.06. The zero-order valence-corrected chi connectivity index (χ0v) is 12.6. The summed E-state index contributed by atoms with van der Waals surface area (Å²) in [5, 5.41) is 7.45. The van der Waals surface area contributed by atoms with Gasteiger partial charge in [-0.25, -0.2) is 8.42 Å². The Labute approximate surface area is 123 Å². The Morgan fingerprint density at radius 3 is 2.38 bits per heavy atom. The van der Waals surface area contributed by atoms with Gasteiger partial charge in [0.25, 0.3) is 15.9 Å². The average Bonchev–Trinajstić information content (AvgIpc) is 3.01. The summed E-state index contributed by atoms with van der Waals surface area (Å²) in [7, 11) is -3.59. The average molecular weight is 311 g/mol. The third-order valence-corrected chi connectivity index (χ3v) is 5.25. The van der Waals surface area contributed by atoms with Crippen LogP contribution in [-0.2, 0) is 10.0 Å². The van der Waals surface area contributed by atoms with Crippen LogP contribution >= 0.6 is 0 Å².